The Hall–Kier alpha value is -3.44. The van der Waals surface area contributed by atoms with Gasteiger partial charge in [0, 0.05) is 22.9 Å². The van der Waals surface area contributed by atoms with Crippen molar-refractivity contribution in [2.45, 2.75) is 6.92 Å². The van der Waals surface area contributed by atoms with Crippen LogP contribution in [0, 0.1) is 6.92 Å². The number of aryl methyl sites for hydroxylation is 1. The van der Waals surface area contributed by atoms with E-state index >= 15 is 0 Å². The molecule has 0 amide bonds. The standard InChI is InChI=1S/C29H38O10/c1-4-27(30)37-19-15-33-11-10-32-14-18-36-26-22-23(3)29(25-9-7-6-8-24(25)26)39-21-17-35-13-12-34-16-20-38-28(31)5-2/h4-9,22H,1-2,10-21H2,3H3. The summed E-state index contributed by atoms with van der Waals surface area (Å²) >= 11 is 0. The van der Waals surface area contributed by atoms with Gasteiger partial charge in [0.2, 0.25) is 0 Å². The van der Waals surface area contributed by atoms with Crippen LogP contribution in [0.2, 0.25) is 0 Å². The lowest BCUT2D eigenvalue weighted by molar-refractivity contribution is -0.140. The van der Waals surface area contributed by atoms with Gasteiger partial charge in [-0.3, -0.25) is 0 Å². The largest absolute Gasteiger partial charge is 0.491 e. The van der Waals surface area contributed by atoms with Crippen LogP contribution in [0.15, 0.2) is 55.6 Å². The Bertz CT molecular complexity index is 1040. The normalized spacial score (nSPS) is 10.7. The summed E-state index contributed by atoms with van der Waals surface area (Å²) in [5.74, 6) is 0.606. The maximum absolute atomic E-state index is 10.9. The lowest BCUT2D eigenvalue weighted by Gasteiger charge is -2.16. The van der Waals surface area contributed by atoms with Crippen LogP contribution < -0.4 is 9.47 Å². The van der Waals surface area contributed by atoms with Crippen molar-refractivity contribution in [3.05, 3.63) is 61.2 Å². The molecule has 2 aromatic rings. The predicted molar refractivity (Wildman–Crippen MR) is 145 cm³/mol. The minimum absolute atomic E-state index is 0.181. The van der Waals surface area contributed by atoms with Crippen molar-refractivity contribution in [3.8, 4) is 11.5 Å². The monoisotopic (exact) mass is 546 g/mol. The van der Waals surface area contributed by atoms with E-state index in [4.69, 9.17) is 37.9 Å². The third kappa shape index (κ3) is 12.8. The van der Waals surface area contributed by atoms with Crippen molar-refractivity contribution in [1.29, 1.82) is 0 Å². The lowest BCUT2D eigenvalue weighted by Crippen LogP contribution is -2.14. The number of hydrogen-bond acceptors (Lipinski definition) is 10. The van der Waals surface area contributed by atoms with E-state index in [-0.39, 0.29) is 13.2 Å². The minimum atomic E-state index is -0.468. The zero-order chi connectivity index (χ0) is 28.1. The third-order valence-corrected chi connectivity index (χ3v) is 5.12. The molecule has 0 N–H and O–H groups in total. The summed E-state index contributed by atoms with van der Waals surface area (Å²) in [4.78, 5) is 21.9. The number of carbonyl (C=O) groups excluding carboxylic acids is 2. The molecule has 0 radical (unpaired) electrons. The Morgan fingerprint density at radius 2 is 1.08 bits per heavy atom. The number of carbonyl (C=O) groups is 2. The van der Waals surface area contributed by atoms with Crippen molar-refractivity contribution < 1.29 is 47.5 Å². The van der Waals surface area contributed by atoms with Crippen molar-refractivity contribution >= 4 is 22.7 Å². The molecule has 0 fully saturated rings. The second-order valence-electron chi connectivity index (χ2n) is 7.96. The van der Waals surface area contributed by atoms with Crippen LogP contribution in [0.5, 0.6) is 11.5 Å². The SMILES string of the molecule is C=CC(=O)OCCOCCOCCOc1cc(C)c(OCCOCCOCCOC(=O)C=C)c2ccccc12. The number of hydrogen-bond donors (Lipinski definition) is 0. The van der Waals surface area contributed by atoms with Crippen molar-refractivity contribution in [2.24, 2.45) is 0 Å². The van der Waals surface area contributed by atoms with Gasteiger partial charge in [0.25, 0.3) is 0 Å². The Balaban J connectivity index is 1.66. The number of benzene rings is 2. The maximum Gasteiger partial charge on any atom is 0.330 e. The molecule has 0 heterocycles. The van der Waals surface area contributed by atoms with E-state index in [1.54, 1.807) is 0 Å². The molecule has 0 spiro atoms. The second kappa shape index (κ2) is 19.6. The molecular weight excluding hydrogens is 508 g/mol. The summed E-state index contributed by atoms with van der Waals surface area (Å²) in [6.07, 6.45) is 2.23. The van der Waals surface area contributed by atoms with Gasteiger partial charge >= 0.3 is 11.9 Å². The second-order valence-corrected chi connectivity index (χ2v) is 7.96. The number of esters is 2. The molecule has 10 heteroatoms. The van der Waals surface area contributed by atoms with E-state index in [0.29, 0.717) is 66.1 Å². The highest BCUT2D eigenvalue weighted by Crippen LogP contribution is 2.36. The van der Waals surface area contributed by atoms with Crippen molar-refractivity contribution in [3.63, 3.8) is 0 Å². The van der Waals surface area contributed by atoms with E-state index in [9.17, 15) is 9.59 Å². The van der Waals surface area contributed by atoms with Gasteiger partial charge in [0.05, 0.1) is 52.9 Å². The van der Waals surface area contributed by atoms with Gasteiger partial charge in [-0.2, -0.15) is 0 Å². The molecule has 0 aliphatic rings. The van der Waals surface area contributed by atoms with E-state index in [1.165, 1.54) is 0 Å². The summed E-state index contributed by atoms with van der Waals surface area (Å²) in [6, 6.07) is 9.86. The van der Waals surface area contributed by atoms with E-state index < -0.39 is 11.9 Å². The first kappa shape index (κ1) is 31.8. The topological polar surface area (TPSA) is 108 Å². The summed E-state index contributed by atoms with van der Waals surface area (Å²) in [7, 11) is 0. The first-order valence-corrected chi connectivity index (χ1v) is 12.7. The molecule has 0 unspecified atom stereocenters. The van der Waals surface area contributed by atoms with Crippen molar-refractivity contribution in [2.75, 3.05) is 79.3 Å². The molecule has 39 heavy (non-hydrogen) atoms. The zero-order valence-corrected chi connectivity index (χ0v) is 22.5. The molecule has 10 nitrogen and oxygen atoms in total. The molecular formula is C29H38O10. The quantitative estimate of drug-likeness (QED) is 0.124. The van der Waals surface area contributed by atoms with Gasteiger partial charge in [0.1, 0.15) is 37.9 Å². The Morgan fingerprint density at radius 3 is 1.59 bits per heavy atom. The number of rotatable bonds is 22. The Kier molecular flexibility index (Phi) is 16.0. The molecule has 0 bridgehead atoms. The molecule has 2 rings (SSSR count). The van der Waals surface area contributed by atoms with Crippen LogP contribution in [-0.2, 0) is 38.0 Å². The van der Waals surface area contributed by atoms with Gasteiger partial charge in [-0.05, 0) is 18.6 Å². The summed E-state index contributed by atoms with van der Waals surface area (Å²) < 4.78 is 43.5. The highest BCUT2D eigenvalue weighted by Gasteiger charge is 2.12. The van der Waals surface area contributed by atoms with Crippen LogP contribution in [0.1, 0.15) is 5.56 Å². The fourth-order valence-electron chi connectivity index (χ4n) is 3.34. The van der Waals surface area contributed by atoms with Crippen LogP contribution >= 0.6 is 0 Å². The number of ether oxygens (including phenoxy) is 8. The molecule has 0 aromatic heterocycles. The highest BCUT2D eigenvalue weighted by atomic mass is 16.6. The van der Waals surface area contributed by atoms with Crippen LogP contribution in [-0.4, -0.2) is 91.2 Å². The fourth-order valence-corrected chi connectivity index (χ4v) is 3.34. The molecule has 2 aromatic carbocycles. The van der Waals surface area contributed by atoms with E-state index in [2.05, 4.69) is 13.2 Å². The predicted octanol–water partition coefficient (Wildman–Crippen LogP) is 3.43. The molecule has 0 saturated heterocycles. The first-order valence-electron chi connectivity index (χ1n) is 12.7. The lowest BCUT2D eigenvalue weighted by atomic mass is 10.0. The average molecular weight is 547 g/mol. The van der Waals surface area contributed by atoms with Crippen LogP contribution in [0.25, 0.3) is 10.8 Å². The van der Waals surface area contributed by atoms with Crippen LogP contribution in [0.4, 0.5) is 0 Å². The maximum atomic E-state index is 10.9. The Morgan fingerprint density at radius 1 is 0.641 bits per heavy atom. The molecule has 214 valence electrons. The first-order chi connectivity index (χ1) is 19.1. The zero-order valence-electron chi connectivity index (χ0n) is 22.5. The summed E-state index contributed by atoms with van der Waals surface area (Å²) in [6.45, 7) is 12.8. The van der Waals surface area contributed by atoms with E-state index in [1.807, 2.05) is 37.3 Å². The molecule has 0 aliphatic carbocycles. The van der Waals surface area contributed by atoms with Gasteiger partial charge in [-0.15, -0.1) is 0 Å². The smallest absolute Gasteiger partial charge is 0.330 e. The van der Waals surface area contributed by atoms with Gasteiger partial charge in [0.15, 0.2) is 0 Å². The van der Waals surface area contributed by atoms with Gasteiger partial charge in [-0.25, -0.2) is 9.59 Å². The average Bonchev–Trinajstić information content (AvgIpc) is 2.95. The molecule has 0 aliphatic heterocycles. The third-order valence-electron chi connectivity index (χ3n) is 5.12. The van der Waals surface area contributed by atoms with Crippen molar-refractivity contribution in [1.82, 2.24) is 0 Å². The van der Waals surface area contributed by atoms with Gasteiger partial charge in [-0.1, -0.05) is 37.4 Å². The minimum Gasteiger partial charge on any atom is -0.491 e. The van der Waals surface area contributed by atoms with Crippen LogP contribution in [0.3, 0.4) is 0 Å². The summed E-state index contributed by atoms with van der Waals surface area (Å²) in [5.41, 5.74) is 0.951. The highest BCUT2D eigenvalue weighted by molar-refractivity contribution is 5.94. The summed E-state index contributed by atoms with van der Waals surface area (Å²) in [5, 5.41) is 1.90. The number of fused-ring (bicyclic) bond motifs is 1. The Labute approximate surface area is 229 Å². The fraction of sp³-hybridized carbons (Fsp3) is 0.448. The molecule has 0 saturated carbocycles. The van der Waals surface area contributed by atoms with E-state index in [0.717, 1.165) is 40.0 Å². The molecule has 0 atom stereocenters. The van der Waals surface area contributed by atoms with Gasteiger partial charge < -0.3 is 37.9 Å².